The summed E-state index contributed by atoms with van der Waals surface area (Å²) in [7, 11) is -6.29. The van der Waals surface area contributed by atoms with Gasteiger partial charge in [0.25, 0.3) is 0 Å². The molecule has 218 valence electrons. The Bertz CT molecular complexity index is 1220. The SMILES string of the molecule is CC(C)C1CCC2C=CC=CC21.O=S(=O)(O)C(F)(F)F.[Ni].c1ccc(P(c2ccccc2)c2ccccc2)cc1. The van der Waals surface area contributed by atoms with E-state index in [1.165, 1.54) is 28.8 Å². The molecule has 9 heteroatoms. The van der Waals surface area contributed by atoms with Crippen molar-refractivity contribution in [3.05, 3.63) is 115 Å². The molecular formula is C31H34F3NiO3PS. The van der Waals surface area contributed by atoms with Crippen LogP contribution in [-0.2, 0) is 26.6 Å². The van der Waals surface area contributed by atoms with Gasteiger partial charge in [0.05, 0.1) is 0 Å². The van der Waals surface area contributed by atoms with E-state index in [0.29, 0.717) is 0 Å². The molecule has 0 aliphatic heterocycles. The van der Waals surface area contributed by atoms with E-state index < -0.39 is 23.5 Å². The summed E-state index contributed by atoms with van der Waals surface area (Å²) in [6.07, 6.45) is 12.1. The molecule has 1 N–H and O–H groups in total. The Morgan fingerprint density at radius 1 is 0.750 bits per heavy atom. The normalized spacial score (nSPS) is 19.6. The number of hydrogen-bond donors (Lipinski definition) is 1. The van der Waals surface area contributed by atoms with Crippen LogP contribution in [0.2, 0.25) is 0 Å². The summed E-state index contributed by atoms with van der Waals surface area (Å²) in [6, 6.07) is 32.3. The third-order valence-electron chi connectivity index (χ3n) is 6.82. The van der Waals surface area contributed by atoms with Gasteiger partial charge in [-0.15, -0.1) is 0 Å². The summed E-state index contributed by atoms with van der Waals surface area (Å²) in [5, 5.41) is 4.19. The molecule has 0 saturated heterocycles. The Morgan fingerprint density at radius 3 is 1.48 bits per heavy atom. The van der Waals surface area contributed by atoms with Crippen molar-refractivity contribution >= 4 is 34.0 Å². The van der Waals surface area contributed by atoms with E-state index in [0.717, 1.165) is 23.7 Å². The van der Waals surface area contributed by atoms with E-state index in [9.17, 15) is 13.2 Å². The van der Waals surface area contributed by atoms with Crippen molar-refractivity contribution in [2.45, 2.75) is 32.2 Å². The van der Waals surface area contributed by atoms with Gasteiger partial charge in [-0.25, -0.2) is 0 Å². The fourth-order valence-electron chi connectivity index (χ4n) is 4.95. The number of benzene rings is 3. The molecule has 1 fully saturated rings. The first-order valence-corrected chi connectivity index (χ1v) is 15.6. The molecule has 2 aliphatic rings. The van der Waals surface area contributed by atoms with Crippen molar-refractivity contribution in [2.24, 2.45) is 23.7 Å². The Labute approximate surface area is 247 Å². The van der Waals surface area contributed by atoms with Crippen LogP contribution in [0.5, 0.6) is 0 Å². The third-order valence-corrected chi connectivity index (χ3v) is 9.85. The number of halogens is 3. The number of alkyl halides is 3. The number of allylic oxidation sites excluding steroid dienone is 4. The smallest absolute Gasteiger partial charge is 0.279 e. The second-order valence-electron chi connectivity index (χ2n) is 9.76. The fraction of sp³-hybridized carbons (Fsp3) is 0.290. The van der Waals surface area contributed by atoms with Gasteiger partial charge in [0.1, 0.15) is 0 Å². The summed E-state index contributed by atoms with van der Waals surface area (Å²) in [5.74, 6) is 3.52. The predicted octanol–water partition coefficient (Wildman–Crippen LogP) is 7.25. The number of hydrogen-bond acceptors (Lipinski definition) is 2. The Morgan fingerprint density at radius 2 is 1.12 bits per heavy atom. The Kier molecular flexibility index (Phi) is 13.3. The van der Waals surface area contributed by atoms with Crippen LogP contribution < -0.4 is 15.9 Å². The maximum Gasteiger partial charge on any atom is 0.522 e. The molecule has 3 aromatic rings. The molecule has 0 amide bonds. The summed E-state index contributed by atoms with van der Waals surface area (Å²) in [5.41, 5.74) is -5.53. The molecular weight excluding hydrogens is 599 g/mol. The van der Waals surface area contributed by atoms with Crippen LogP contribution in [0, 0.1) is 23.7 Å². The minimum absolute atomic E-state index is 0. The predicted molar refractivity (Wildman–Crippen MR) is 156 cm³/mol. The zero-order chi connectivity index (χ0) is 28.5. The molecule has 3 unspecified atom stereocenters. The quantitative estimate of drug-likeness (QED) is 0.143. The molecule has 3 aromatic carbocycles. The molecule has 0 spiro atoms. The summed E-state index contributed by atoms with van der Waals surface area (Å²) >= 11 is 0. The first-order chi connectivity index (χ1) is 18.5. The summed E-state index contributed by atoms with van der Waals surface area (Å²) in [6.45, 7) is 4.72. The summed E-state index contributed by atoms with van der Waals surface area (Å²) < 4.78 is 57.5. The fourth-order valence-corrected chi connectivity index (χ4v) is 7.26. The van der Waals surface area contributed by atoms with Crippen LogP contribution in [0.15, 0.2) is 115 Å². The largest absolute Gasteiger partial charge is 0.522 e. The van der Waals surface area contributed by atoms with Crippen molar-refractivity contribution in [3.8, 4) is 0 Å². The van der Waals surface area contributed by atoms with Crippen molar-refractivity contribution in [3.63, 3.8) is 0 Å². The van der Waals surface area contributed by atoms with Crippen LogP contribution in [0.3, 0.4) is 0 Å². The molecule has 0 radical (unpaired) electrons. The molecule has 3 nitrogen and oxygen atoms in total. The van der Waals surface area contributed by atoms with Gasteiger partial charge in [0, 0.05) is 16.5 Å². The van der Waals surface area contributed by atoms with Crippen molar-refractivity contribution in [1.29, 1.82) is 0 Å². The molecule has 40 heavy (non-hydrogen) atoms. The maximum absolute atomic E-state index is 10.7. The van der Waals surface area contributed by atoms with Crippen LogP contribution in [0.1, 0.15) is 26.7 Å². The van der Waals surface area contributed by atoms with Gasteiger partial charge < -0.3 is 0 Å². The summed E-state index contributed by atoms with van der Waals surface area (Å²) in [4.78, 5) is 0. The topological polar surface area (TPSA) is 54.4 Å². The van der Waals surface area contributed by atoms with Gasteiger partial charge in [-0.1, -0.05) is 129 Å². The van der Waals surface area contributed by atoms with Crippen molar-refractivity contribution < 1.29 is 42.6 Å². The van der Waals surface area contributed by atoms with E-state index in [1.54, 1.807) is 0 Å². The van der Waals surface area contributed by atoms with Crippen molar-refractivity contribution in [2.75, 3.05) is 0 Å². The van der Waals surface area contributed by atoms with Gasteiger partial charge in [0.15, 0.2) is 0 Å². The van der Waals surface area contributed by atoms with Gasteiger partial charge in [-0.2, -0.15) is 21.6 Å². The van der Waals surface area contributed by atoms with Crippen LogP contribution in [0.4, 0.5) is 13.2 Å². The number of fused-ring (bicyclic) bond motifs is 1. The average Bonchev–Trinajstić information content (AvgIpc) is 3.35. The monoisotopic (exact) mass is 632 g/mol. The molecule has 3 atom stereocenters. The van der Waals surface area contributed by atoms with Crippen LogP contribution >= 0.6 is 7.92 Å². The first-order valence-electron chi connectivity index (χ1n) is 12.8. The zero-order valence-corrected chi connectivity index (χ0v) is 25.0. The molecule has 1 saturated carbocycles. The second kappa shape index (κ2) is 15.7. The minimum atomic E-state index is -5.84. The molecule has 0 bridgehead atoms. The maximum atomic E-state index is 10.7. The molecule has 2 aliphatic carbocycles. The van der Waals surface area contributed by atoms with E-state index in [4.69, 9.17) is 13.0 Å². The molecule has 0 heterocycles. The Hall–Kier alpha value is -2.24. The standard InChI is InChI=1S/C18H15P.C12H18.CHF3O3S.Ni/c1-4-10-16(11-5-1)19(17-12-6-2-7-13-17)18-14-8-3-9-15-18;1-9(2)11-8-7-10-5-3-4-6-12(10)11;2-1(3,4)8(5,6)7;/h1-15H;3-6,9-12H,7-8H2,1-2H3;(H,5,6,7);. The zero-order valence-electron chi connectivity index (χ0n) is 22.3. The van der Waals surface area contributed by atoms with Gasteiger partial charge in [0.2, 0.25) is 0 Å². The Balaban J connectivity index is 0.000000230. The van der Waals surface area contributed by atoms with Crippen molar-refractivity contribution in [1.82, 2.24) is 0 Å². The van der Waals surface area contributed by atoms with Gasteiger partial charge >= 0.3 is 15.6 Å². The average molecular weight is 633 g/mol. The van der Waals surface area contributed by atoms with E-state index >= 15 is 0 Å². The van der Waals surface area contributed by atoms with E-state index in [1.807, 2.05) is 0 Å². The molecule has 5 rings (SSSR count). The minimum Gasteiger partial charge on any atom is -0.279 e. The third kappa shape index (κ3) is 9.70. The molecule has 0 aromatic heterocycles. The van der Waals surface area contributed by atoms with Gasteiger partial charge in [-0.3, -0.25) is 4.55 Å². The first kappa shape index (κ1) is 34.0. The van der Waals surface area contributed by atoms with Crippen LogP contribution in [-0.4, -0.2) is 18.5 Å². The van der Waals surface area contributed by atoms with E-state index in [-0.39, 0.29) is 16.5 Å². The van der Waals surface area contributed by atoms with Gasteiger partial charge in [-0.05, 0) is 60.3 Å². The van der Waals surface area contributed by atoms with Crippen LogP contribution in [0.25, 0.3) is 0 Å². The number of rotatable bonds is 4. The van der Waals surface area contributed by atoms with E-state index in [2.05, 4.69) is 129 Å². The second-order valence-corrected chi connectivity index (χ2v) is 13.4.